The van der Waals surface area contributed by atoms with Crippen LogP contribution in [0.1, 0.15) is 32.3 Å². The van der Waals surface area contributed by atoms with Gasteiger partial charge in [0.05, 0.1) is 16.0 Å². The monoisotopic (exact) mass is 421 g/mol. The molecule has 152 valence electrons. The number of aromatic nitrogens is 2. The Labute approximate surface area is 168 Å². The summed E-state index contributed by atoms with van der Waals surface area (Å²) in [6, 6.07) is 12.2. The number of benzene rings is 2. The van der Waals surface area contributed by atoms with Gasteiger partial charge in [-0.05, 0) is 38.1 Å². The Kier molecular flexibility index (Phi) is 6.12. The van der Waals surface area contributed by atoms with E-state index in [1.807, 2.05) is 0 Å². The van der Waals surface area contributed by atoms with E-state index in [4.69, 9.17) is 4.74 Å². The Morgan fingerprint density at radius 1 is 1.17 bits per heavy atom. The van der Waals surface area contributed by atoms with Gasteiger partial charge in [0.2, 0.25) is 0 Å². The van der Waals surface area contributed by atoms with Crippen LogP contribution in [-0.2, 0) is 9.53 Å². The molecule has 1 heterocycles. The summed E-state index contributed by atoms with van der Waals surface area (Å²) in [6.07, 6.45) is -0.983. The number of carbonyl (C=O) groups excluding carboxylic acids is 1. The van der Waals surface area contributed by atoms with Crippen molar-refractivity contribution < 1.29 is 23.2 Å². The molecule has 0 amide bonds. The number of fused-ring (bicyclic) bond motifs is 1. The predicted molar refractivity (Wildman–Crippen MR) is 104 cm³/mol. The molecule has 0 N–H and O–H groups in total. The average molecular weight is 421 g/mol. The summed E-state index contributed by atoms with van der Waals surface area (Å²) in [4.78, 5) is 27.5. The first-order chi connectivity index (χ1) is 13.8. The van der Waals surface area contributed by atoms with Crippen molar-refractivity contribution in [1.82, 2.24) is 9.55 Å². The number of hydrogen-bond acceptors (Lipinski definition) is 6. The molecule has 0 aliphatic heterocycles. The Balaban J connectivity index is 1.72. The molecule has 2 unspecified atom stereocenters. The standard InChI is InChI=1S/C19H17F2N3O4S/c1-11(17-22-15-5-3-4-6-16(15)23(17)19(20)21)28-18(25)12(2)29-14-9-7-13(8-10-14)24(26)27/h3-12,19H,1-2H3. The van der Waals surface area contributed by atoms with Gasteiger partial charge in [0.15, 0.2) is 11.9 Å². The van der Waals surface area contributed by atoms with Crippen molar-refractivity contribution in [2.24, 2.45) is 0 Å². The maximum Gasteiger partial charge on any atom is 0.320 e. The number of nitro benzene ring substituents is 1. The van der Waals surface area contributed by atoms with Crippen molar-refractivity contribution in [1.29, 1.82) is 0 Å². The molecular weight excluding hydrogens is 404 g/mol. The Morgan fingerprint density at radius 2 is 1.83 bits per heavy atom. The molecule has 0 bridgehead atoms. The second-order valence-corrected chi connectivity index (χ2v) is 7.61. The smallest absolute Gasteiger partial charge is 0.320 e. The zero-order chi connectivity index (χ0) is 21.1. The molecule has 10 heteroatoms. The van der Waals surface area contributed by atoms with E-state index in [-0.39, 0.29) is 17.0 Å². The number of alkyl halides is 2. The highest BCUT2D eigenvalue weighted by Gasteiger charge is 2.26. The van der Waals surface area contributed by atoms with E-state index in [1.165, 1.54) is 37.3 Å². The normalized spacial score (nSPS) is 13.4. The van der Waals surface area contributed by atoms with Gasteiger partial charge in [0.25, 0.3) is 5.69 Å². The molecule has 2 aromatic carbocycles. The molecule has 0 fully saturated rings. The molecule has 0 spiro atoms. The summed E-state index contributed by atoms with van der Waals surface area (Å²) in [5, 5.41) is 10.1. The minimum atomic E-state index is -2.83. The topological polar surface area (TPSA) is 87.3 Å². The van der Waals surface area contributed by atoms with Gasteiger partial charge in [-0.15, -0.1) is 11.8 Å². The number of nitro groups is 1. The van der Waals surface area contributed by atoms with Gasteiger partial charge >= 0.3 is 12.5 Å². The van der Waals surface area contributed by atoms with E-state index in [2.05, 4.69) is 4.98 Å². The number of nitrogens with zero attached hydrogens (tertiary/aromatic N) is 3. The number of hydrogen-bond donors (Lipinski definition) is 0. The van der Waals surface area contributed by atoms with Crippen molar-refractivity contribution in [3.63, 3.8) is 0 Å². The Morgan fingerprint density at radius 3 is 2.45 bits per heavy atom. The number of para-hydroxylation sites is 2. The Hall–Kier alpha value is -3.01. The van der Waals surface area contributed by atoms with E-state index in [0.717, 1.165) is 16.3 Å². The molecule has 0 saturated carbocycles. The quantitative estimate of drug-likeness (QED) is 0.228. The van der Waals surface area contributed by atoms with Crippen molar-refractivity contribution in [3.8, 4) is 0 Å². The molecule has 0 radical (unpaired) electrons. The molecular formula is C19H17F2N3O4S. The summed E-state index contributed by atoms with van der Waals surface area (Å²) in [6.45, 7) is 0.267. The fourth-order valence-corrected chi connectivity index (χ4v) is 3.63. The van der Waals surface area contributed by atoms with E-state index in [0.29, 0.717) is 10.4 Å². The molecule has 7 nitrogen and oxygen atoms in total. The number of non-ortho nitro benzene ring substituents is 1. The highest BCUT2D eigenvalue weighted by Crippen LogP contribution is 2.30. The molecule has 3 rings (SSSR count). The second kappa shape index (κ2) is 8.56. The molecule has 2 atom stereocenters. The lowest BCUT2D eigenvalue weighted by molar-refractivity contribution is -0.384. The lowest BCUT2D eigenvalue weighted by Gasteiger charge is -2.17. The van der Waals surface area contributed by atoms with Gasteiger partial charge in [-0.25, -0.2) is 4.98 Å². The number of halogens is 2. The fraction of sp³-hybridized carbons (Fsp3) is 0.263. The average Bonchev–Trinajstić information content (AvgIpc) is 3.08. The largest absolute Gasteiger partial charge is 0.454 e. The van der Waals surface area contributed by atoms with Gasteiger partial charge in [0.1, 0.15) is 5.25 Å². The van der Waals surface area contributed by atoms with Crippen LogP contribution in [0.3, 0.4) is 0 Å². The first kappa shape index (κ1) is 20.7. The predicted octanol–water partition coefficient (Wildman–Crippen LogP) is 5.12. The van der Waals surface area contributed by atoms with Crippen LogP contribution >= 0.6 is 11.8 Å². The SMILES string of the molecule is CC(Sc1ccc([N+](=O)[O-])cc1)C(=O)OC(C)c1nc2ccccc2n1C(F)F. The molecule has 3 aromatic rings. The van der Waals surface area contributed by atoms with Crippen molar-refractivity contribution in [3.05, 3.63) is 64.5 Å². The number of ether oxygens (including phenoxy) is 1. The maximum atomic E-state index is 13.6. The number of rotatable bonds is 7. The van der Waals surface area contributed by atoms with Gasteiger partial charge < -0.3 is 4.74 Å². The van der Waals surface area contributed by atoms with E-state index >= 15 is 0 Å². The van der Waals surface area contributed by atoms with E-state index in [9.17, 15) is 23.7 Å². The third kappa shape index (κ3) is 4.53. The van der Waals surface area contributed by atoms with Crippen LogP contribution in [0.5, 0.6) is 0 Å². The first-order valence-electron chi connectivity index (χ1n) is 8.64. The summed E-state index contributed by atoms with van der Waals surface area (Å²) in [7, 11) is 0. The summed E-state index contributed by atoms with van der Waals surface area (Å²) in [5.41, 5.74) is 0.594. The summed E-state index contributed by atoms with van der Waals surface area (Å²) >= 11 is 1.15. The lowest BCUT2D eigenvalue weighted by Crippen LogP contribution is -2.21. The first-order valence-corrected chi connectivity index (χ1v) is 9.52. The van der Waals surface area contributed by atoms with Gasteiger partial charge in [-0.2, -0.15) is 8.78 Å². The van der Waals surface area contributed by atoms with Crippen LogP contribution in [0.15, 0.2) is 53.4 Å². The highest BCUT2D eigenvalue weighted by molar-refractivity contribution is 8.00. The van der Waals surface area contributed by atoms with Crippen molar-refractivity contribution in [2.45, 2.75) is 36.6 Å². The van der Waals surface area contributed by atoms with Crippen LogP contribution in [0.2, 0.25) is 0 Å². The van der Waals surface area contributed by atoms with Crippen LogP contribution in [0.4, 0.5) is 14.5 Å². The second-order valence-electron chi connectivity index (χ2n) is 6.20. The van der Waals surface area contributed by atoms with Gasteiger partial charge in [-0.3, -0.25) is 19.5 Å². The van der Waals surface area contributed by atoms with Crippen LogP contribution in [-0.4, -0.2) is 25.7 Å². The van der Waals surface area contributed by atoms with E-state index in [1.54, 1.807) is 25.1 Å². The maximum absolute atomic E-state index is 13.6. The third-order valence-corrected chi connectivity index (χ3v) is 5.26. The lowest BCUT2D eigenvalue weighted by atomic mass is 10.3. The fourth-order valence-electron chi connectivity index (χ4n) is 2.78. The van der Waals surface area contributed by atoms with Crippen molar-refractivity contribution >= 4 is 34.5 Å². The number of thioether (sulfide) groups is 1. The number of esters is 1. The minimum absolute atomic E-state index is 0.0397. The Bertz CT molecular complexity index is 1040. The van der Waals surface area contributed by atoms with Crippen LogP contribution in [0.25, 0.3) is 11.0 Å². The van der Waals surface area contributed by atoms with Crippen molar-refractivity contribution in [2.75, 3.05) is 0 Å². The number of carbonyl (C=O) groups is 1. The zero-order valence-corrected chi connectivity index (χ0v) is 16.3. The third-order valence-electron chi connectivity index (χ3n) is 4.17. The summed E-state index contributed by atoms with van der Waals surface area (Å²) in [5.74, 6) is -0.643. The molecule has 0 saturated heterocycles. The van der Waals surface area contributed by atoms with Crippen LogP contribution < -0.4 is 0 Å². The minimum Gasteiger partial charge on any atom is -0.454 e. The van der Waals surface area contributed by atoms with Gasteiger partial charge in [-0.1, -0.05) is 12.1 Å². The summed E-state index contributed by atoms with van der Waals surface area (Å²) < 4.78 is 33.2. The highest BCUT2D eigenvalue weighted by atomic mass is 32.2. The molecule has 29 heavy (non-hydrogen) atoms. The van der Waals surface area contributed by atoms with E-state index < -0.39 is 28.8 Å². The number of imidazole rings is 1. The molecule has 0 aliphatic carbocycles. The zero-order valence-electron chi connectivity index (χ0n) is 15.5. The van der Waals surface area contributed by atoms with Crippen LogP contribution in [0, 0.1) is 10.1 Å². The van der Waals surface area contributed by atoms with Gasteiger partial charge in [0, 0.05) is 17.0 Å². The molecule has 0 aliphatic rings. The molecule has 1 aromatic heterocycles.